The Bertz CT molecular complexity index is 479. The van der Waals surface area contributed by atoms with Crippen molar-refractivity contribution in [1.82, 2.24) is 9.97 Å². The number of rotatable bonds is 6. The van der Waals surface area contributed by atoms with Crippen LogP contribution in [0.15, 0.2) is 10.8 Å². The van der Waals surface area contributed by atoms with Gasteiger partial charge in [0.15, 0.2) is 15.7 Å². The second-order valence-corrected chi connectivity index (χ2v) is 6.46. The van der Waals surface area contributed by atoms with Crippen LogP contribution in [0.4, 0.5) is 11.6 Å². The molecule has 0 atom stereocenters. The average Bonchev–Trinajstić information content (AvgIpc) is 2.31. The SMILES string of the molecule is CCS(=O)(=O)CCNc1ncnc(NN)c1Br. The van der Waals surface area contributed by atoms with E-state index in [0.29, 0.717) is 16.1 Å². The van der Waals surface area contributed by atoms with Gasteiger partial charge in [-0.2, -0.15) is 0 Å². The first-order valence-electron chi connectivity index (χ1n) is 4.91. The summed E-state index contributed by atoms with van der Waals surface area (Å²) in [7, 11) is -2.98. The maximum Gasteiger partial charge on any atom is 0.159 e. The Morgan fingerprint density at radius 2 is 2.06 bits per heavy atom. The third kappa shape index (κ3) is 4.10. The fourth-order valence-corrected chi connectivity index (χ4v) is 2.22. The van der Waals surface area contributed by atoms with Gasteiger partial charge in [0.25, 0.3) is 0 Å². The number of nitrogens with zero attached hydrogens (tertiary/aromatic N) is 2. The van der Waals surface area contributed by atoms with E-state index in [1.54, 1.807) is 6.92 Å². The minimum absolute atomic E-state index is 0.0608. The van der Waals surface area contributed by atoms with E-state index in [4.69, 9.17) is 5.84 Å². The summed E-state index contributed by atoms with van der Waals surface area (Å²) >= 11 is 3.26. The van der Waals surface area contributed by atoms with Crippen LogP contribution in [-0.2, 0) is 9.84 Å². The molecule has 1 aromatic heterocycles. The lowest BCUT2D eigenvalue weighted by Gasteiger charge is -2.09. The molecule has 0 unspecified atom stereocenters. The third-order valence-electron chi connectivity index (χ3n) is 2.07. The van der Waals surface area contributed by atoms with Gasteiger partial charge in [-0.25, -0.2) is 24.2 Å². The molecule has 0 amide bonds. The largest absolute Gasteiger partial charge is 0.368 e. The van der Waals surface area contributed by atoms with Crippen molar-refractivity contribution in [2.75, 3.05) is 28.8 Å². The first-order chi connectivity index (χ1) is 8.00. The molecule has 0 spiro atoms. The molecule has 1 aromatic rings. The maximum atomic E-state index is 11.3. The summed E-state index contributed by atoms with van der Waals surface area (Å²) in [5.41, 5.74) is 2.40. The molecule has 1 heterocycles. The van der Waals surface area contributed by atoms with Crippen molar-refractivity contribution in [1.29, 1.82) is 0 Å². The summed E-state index contributed by atoms with van der Waals surface area (Å²) in [6.45, 7) is 1.90. The summed E-state index contributed by atoms with van der Waals surface area (Å²) in [4.78, 5) is 7.85. The summed E-state index contributed by atoms with van der Waals surface area (Å²) in [6, 6.07) is 0. The third-order valence-corrected chi connectivity index (χ3v) is 4.53. The first kappa shape index (κ1) is 14.1. The van der Waals surface area contributed by atoms with Crippen LogP contribution in [0.25, 0.3) is 0 Å². The molecule has 0 aromatic carbocycles. The highest BCUT2D eigenvalue weighted by molar-refractivity contribution is 9.10. The van der Waals surface area contributed by atoms with E-state index in [1.807, 2.05) is 0 Å². The quantitative estimate of drug-likeness (QED) is 0.512. The number of nitrogen functional groups attached to an aromatic ring is 1. The van der Waals surface area contributed by atoms with Crippen LogP contribution in [-0.4, -0.2) is 36.4 Å². The highest BCUT2D eigenvalue weighted by Gasteiger charge is 2.10. The predicted molar refractivity (Wildman–Crippen MR) is 70.4 cm³/mol. The lowest BCUT2D eigenvalue weighted by Crippen LogP contribution is -2.18. The zero-order valence-electron chi connectivity index (χ0n) is 9.27. The Kier molecular flexibility index (Phi) is 5.09. The van der Waals surface area contributed by atoms with Crippen LogP contribution in [0, 0.1) is 0 Å². The van der Waals surface area contributed by atoms with Gasteiger partial charge in [-0.05, 0) is 15.9 Å². The zero-order valence-corrected chi connectivity index (χ0v) is 11.7. The molecule has 7 nitrogen and oxygen atoms in total. The maximum absolute atomic E-state index is 11.3. The number of nitrogens with one attached hydrogen (secondary N) is 2. The molecular weight excluding hydrogens is 310 g/mol. The summed E-state index contributed by atoms with van der Waals surface area (Å²) in [6.07, 6.45) is 1.33. The molecule has 96 valence electrons. The highest BCUT2D eigenvalue weighted by atomic mass is 79.9. The van der Waals surface area contributed by atoms with Gasteiger partial charge in [0, 0.05) is 12.3 Å². The van der Waals surface area contributed by atoms with Crippen molar-refractivity contribution in [2.24, 2.45) is 5.84 Å². The smallest absolute Gasteiger partial charge is 0.159 e. The van der Waals surface area contributed by atoms with Gasteiger partial charge in [-0.1, -0.05) is 6.92 Å². The van der Waals surface area contributed by atoms with Crippen molar-refractivity contribution < 1.29 is 8.42 Å². The molecule has 0 aliphatic carbocycles. The first-order valence-corrected chi connectivity index (χ1v) is 7.53. The van der Waals surface area contributed by atoms with E-state index in [0.717, 1.165) is 0 Å². The van der Waals surface area contributed by atoms with Crippen LogP contribution in [0.2, 0.25) is 0 Å². The second kappa shape index (κ2) is 6.12. The van der Waals surface area contributed by atoms with Gasteiger partial charge < -0.3 is 10.7 Å². The van der Waals surface area contributed by atoms with Crippen LogP contribution in [0.1, 0.15) is 6.92 Å². The fraction of sp³-hybridized carbons (Fsp3) is 0.500. The Morgan fingerprint density at radius 1 is 1.41 bits per heavy atom. The Labute approximate surface area is 108 Å². The highest BCUT2D eigenvalue weighted by Crippen LogP contribution is 2.25. The number of aromatic nitrogens is 2. The average molecular weight is 324 g/mol. The predicted octanol–water partition coefficient (Wildman–Crippen LogP) is 0.371. The molecule has 17 heavy (non-hydrogen) atoms. The van der Waals surface area contributed by atoms with Crippen molar-refractivity contribution in [3.05, 3.63) is 10.8 Å². The molecule has 1 rings (SSSR count). The minimum Gasteiger partial charge on any atom is -0.368 e. The molecule has 0 saturated heterocycles. The van der Waals surface area contributed by atoms with E-state index in [9.17, 15) is 8.42 Å². The Balaban J connectivity index is 2.64. The van der Waals surface area contributed by atoms with Crippen molar-refractivity contribution in [3.63, 3.8) is 0 Å². The molecule has 0 radical (unpaired) electrons. The van der Waals surface area contributed by atoms with Gasteiger partial charge in [0.2, 0.25) is 0 Å². The van der Waals surface area contributed by atoms with Crippen molar-refractivity contribution in [2.45, 2.75) is 6.92 Å². The fourth-order valence-electron chi connectivity index (χ4n) is 1.06. The van der Waals surface area contributed by atoms with Crippen molar-refractivity contribution in [3.8, 4) is 0 Å². The normalized spacial score (nSPS) is 11.2. The standard InChI is InChI=1S/C8H14BrN5O2S/c1-2-17(15,16)4-3-11-7-6(9)8(14-10)13-5-12-7/h5H,2-4,10H2,1H3,(H2,11,12,13,14). The number of nitrogens with two attached hydrogens (primary N) is 1. The van der Waals surface area contributed by atoms with Crippen molar-refractivity contribution >= 4 is 37.4 Å². The number of hydrogen-bond donors (Lipinski definition) is 3. The molecule has 0 fully saturated rings. The molecule has 4 N–H and O–H groups in total. The van der Waals surface area contributed by atoms with Crippen LogP contribution >= 0.6 is 15.9 Å². The molecule has 0 aliphatic rings. The van der Waals surface area contributed by atoms with E-state index in [2.05, 4.69) is 36.6 Å². The van der Waals surface area contributed by atoms with Gasteiger partial charge in [-0.15, -0.1) is 0 Å². The Morgan fingerprint density at radius 3 is 2.65 bits per heavy atom. The second-order valence-electron chi connectivity index (χ2n) is 3.19. The van der Waals surface area contributed by atoms with E-state index < -0.39 is 9.84 Å². The Hall–Kier alpha value is -0.930. The van der Waals surface area contributed by atoms with E-state index in [-0.39, 0.29) is 18.1 Å². The summed E-state index contributed by atoms with van der Waals surface area (Å²) < 4.78 is 23.1. The monoisotopic (exact) mass is 323 g/mol. The number of sulfone groups is 1. The minimum atomic E-state index is -2.98. The van der Waals surface area contributed by atoms with Gasteiger partial charge in [0.1, 0.15) is 16.6 Å². The van der Waals surface area contributed by atoms with Crippen LogP contribution < -0.4 is 16.6 Å². The molecule has 0 bridgehead atoms. The molecular formula is C8H14BrN5O2S. The molecule has 0 saturated carbocycles. The zero-order chi connectivity index (χ0) is 12.9. The van der Waals surface area contributed by atoms with Gasteiger partial charge in [-0.3, -0.25) is 0 Å². The molecule has 9 heteroatoms. The van der Waals surface area contributed by atoms with Gasteiger partial charge >= 0.3 is 0 Å². The number of hydrazine groups is 1. The summed E-state index contributed by atoms with van der Waals surface area (Å²) in [5.74, 6) is 6.37. The topological polar surface area (TPSA) is 110 Å². The molecule has 0 aliphatic heterocycles. The van der Waals surface area contributed by atoms with Crippen LogP contribution in [0.3, 0.4) is 0 Å². The van der Waals surface area contributed by atoms with Crippen LogP contribution in [0.5, 0.6) is 0 Å². The number of halogens is 1. The number of hydrogen-bond acceptors (Lipinski definition) is 7. The van der Waals surface area contributed by atoms with Gasteiger partial charge in [0.05, 0.1) is 5.75 Å². The lowest BCUT2D eigenvalue weighted by molar-refractivity contribution is 0.597. The lowest BCUT2D eigenvalue weighted by atomic mass is 10.5. The summed E-state index contributed by atoms with van der Waals surface area (Å²) in [5, 5.41) is 2.91. The van der Waals surface area contributed by atoms with E-state index in [1.165, 1.54) is 6.33 Å². The van der Waals surface area contributed by atoms with E-state index >= 15 is 0 Å². The number of anilines is 2.